The highest BCUT2D eigenvalue weighted by Crippen LogP contribution is 1.87. The molecule has 0 aromatic heterocycles. The largest absolute Gasteiger partial charge is 0.483 e. The lowest BCUT2D eigenvalue weighted by Gasteiger charge is -2.06. The van der Waals surface area contributed by atoms with E-state index in [9.17, 15) is 0 Å². The highest BCUT2D eigenvalue weighted by atomic mass is 16.5. The lowest BCUT2D eigenvalue weighted by Crippen LogP contribution is -2.14. The molecule has 2 heteroatoms. The molecule has 0 radical (unpaired) electrons. The molecule has 0 saturated carbocycles. The summed E-state index contributed by atoms with van der Waals surface area (Å²) in [4.78, 5) is 0. The predicted molar refractivity (Wildman–Crippen MR) is 39.1 cm³/mol. The number of ether oxygens (including phenoxy) is 1. The molecule has 0 heterocycles. The molecular formula is C7H15NO. The van der Waals surface area contributed by atoms with Crippen LogP contribution in [0.25, 0.3) is 0 Å². The van der Waals surface area contributed by atoms with Gasteiger partial charge in [-0.25, -0.2) is 0 Å². The fourth-order valence-electron chi connectivity index (χ4n) is 0.540. The lowest BCUT2D eigenvalue weighted by molar-refractivity contribution is 0.261. The molecular weight excluding hydrogens is 114 g/mol. The fraction of sp³-hybridized carbons (Fsp3) is 0.714. The van der Waals surface area contributed by atoms with Gasteiger partial charge in [-0.05, 0) is 19.4 Å². The van der Waals surface area contributed by atoms with E-state index in [0.717, 1.165) is 18.8 Å². The first-order valence-corrected chi connectivity index (χ1v) is 3.29. The van der Waals surface area contributed by atoms with Gasteiger partial charge < -0.3 is 10.1 Å². The van der Waals surface area contributed by atoms with Gasteiger partial charge in [0.25, 0.3) is 0 Å². The van der Waals surface area contributed by atoms with Gasteiger partial charge in [-0.15, -0.1) is 0 Å². The third kappa shape index (κ3) is 3.88. The van der Waals surface area contributed by atoms with Crippen LogP contribution in [0.2, 0.25) is 0 Å². The Kier molecular flexibility index (Phi) is 5.07. The first-order valence-electron chi connectivity index (χ1n) is 3.29. The van der Waals surface area contributed by atoms with Gasteiger partial charge in [-0.2, -0.15) is 0 Å². The van der Waals surface area contributed by atoms with Crippen LogP contribution in [0.3, 0.4) is 0 Å². The number of hydrogen-bond acceptors (Lipinski definition) is 2. The first kappa shape index (κ1) is 8.34. The maximum absolute atomic E-state index is 4.95. The third-order valence-corrected chi connectivity index (χ3v) is 1.03. The molecule has 0 bridgehead atoms. The molecule has 0 spiro atoms. The van der Waals surface area contributed by atoms with Gasteiger partial charge in [0.1, 0.15) is 0 Å². The van der Waals surface area contributed by atoms with Gasteiger partial charge in [-0.3, -0.25) is 0 Å². The van der Waals surface area contributed by atoms with Gasteiger partial charge in [0.2, 0.25) is 0 Å². The highest BCUT2D eigenvalue weighted by molar-refractivity contribution is 4.86. The smallest absolute Gasteiger partial charge is 0.181 e. The maximum Gasteiger partial charge on any atom is 0.181 e. The molecule has 0 amide bonds. The Hall–Kier alpha value is -0.660. The number of rotatable bonds is 4. The zero-order chi connectivity index (χ0) is 7.11. The van der Waals surface area contributed by atoms with Crippen molar-refractivity contribution in [1.82, 2.24) is 5.32 Å². The van der Waals surface area contributed by atoms with E-state index < -0.39 is 0 Å². The minimum Gasteiger partial charge on any atom is -0.483 e. The standard InChI is InChI=1S/C7H15NO/c1-4-6-8-7(5-2)9-3/h5,8H,4,6H2,1-3H3/b7-5+. The van der Waals surface area contributed by atoms with E-state index in [1.807, 2.05) is 13.0 Å². The Morgan fingerprint density at radius 1 is 1.67 bits per heavy atom. The van der Waals surface area contributed by atoms with Crippen molar-refractivity contribution in [2.75, 3.05) is 13.7 Å². The minimum atomic E-state index is 0.858. The van der Waals surface area contributed by atoms with Crippen LogP contribution in [0.4, 0.5) is 0 Å². The molecule has 1 N–H and O–H groups in total. The van der Waals surface area contributed by atoms with Crippen molar-refractivity contribution in [1.29, 1.82) is 0 Å². The number of allylic oxidation sites excluding steroid dienone is 1. The fourth-order valence-corrected chi connectivity index (χ4v) is 0.540. The molecule has 54 valence electrons. The maximum atomic E-state index is 4.95. The Morgan fingerprint density at radius 2 is 2.33 bits per heavy atom. The predicted octanol–water partition coefficient (Wildman–Crippen LogP) is 1.49. The van der Waals surface area contributed by atoms with Crippen molar-refractivity contribution >= 4 is 0 Å². The van der Waals surface area contributed by atoms with E-state index in [-0.39, 0.29) is 0 Å². The van der Waals surface area contributed by atoms with Crippen molar-refractivity contribution in [2.45, 2.75) is 20.3 Å². The zero-order valence-electron chi connectivity index (χ0n) is 6.40. The molecule has 9 heavy (non-hydrogen) atoms. The van der Waals surface area contributed by atoms with Crippen LogP contribution in [0.15, 0.2) is 12.0 Å². The minimum absolute atomic E-state index is 0.858. The SMILES string of the molecule is C/C=C(\NCCC)OC. The molecule has 0 aliphatic carbocycles. The van der Waals surface area contributed by atoms with E-state index in [2.05, 4.69) is 12.2 Å². The summed E-state index contributed by atoms with van der Waals surface area (Å²) in [6, 6.07) is 0. The Balaban J connectivity index is 3.33. The van der Waals surface area contributed by atoms with Gasteiger partial charge in [0, 0.05) is 6.54 Å². The molecule has 0 unspecified atom stereocenters. The van der Waals surface area contributed by atoms with Gasteiger partial charge in [-0.1, -0.05) is 6.92 Å². The monoisotopic (exact) mass is 129 g/mol. The van der Waals surface area contributed by atoms with E-state index in [1.54, 1.807) is 7.11 Å². The van der Waals surface area contributed by atoms with Crippen molar-refractivity contribution in [3.63, 3.8) is 0 Å². The van der Waals surface area contributed by atoms with E-state index in [4.69, 9.17) is 4.74 Å². The second-order valence-corrected chi connectivity index (χ2v) is 1.78. The summed E-state index contributed by atoms with van der Waals surface area (Å²) in [6.45, 7) is 5.05. The average Bonchev–Trinajstić information content (AvgIpc) is 1.91. The van der Waals surface area contributed by atoms with Crippen LogP contribution in [0.1, 0.15) is 20.3 Å². The molecule has 2 nitrogen and oxygen atoms in total. The topological polar surface area (TPSA) is 21.3 Å². The summed E-state index contributed by atoms with van der Waals surface area (Å²) in [5.74, 6) is 0.858. The highest BCUT2D eigenvalue weighted by Gasteiger charge is 1.87. The summed E-state index contributed by atoms with van der Waals surface area (Å²) >= 11 is 0. The molecule has 0 atom stereocenters. The first-order chi connectivity index (χ1) is 4.35. The molecule has 0 aromatic rings. The van der Waals surface area contributed by atoms with Gasteiger partial charge in [0.05, 0.1) is 7.11 Å². The number of nitrogens with one attached hydrogen (secondary N) is 1. The molecule has 0 aromatic carbocycles. The van der Waals surface area contributed by atoms with Crippen LogP contribution in [0, 0.1) is 0 Å². The van der Waals surface area contributed by atoms with Crippen LogP contribution in [0.5, 0.6) is 0 Å². The van der Waals surface area contributed by atoms with Gasteiger partial charge in [0.15, 0.2) is 5.88 Å². The second-order valence-electron chi connectivity index (χ2n) is 1.78. The van der Waals surface area contributed by atoms with E-state index in [1.165, 1.54) is 0 Å². The molecule has 0 aliphatic rings. The molecule has 0 fully saturated rings. The quantitative estimate of drug-likeness (QED) is 0.581. The average molecular weight is 129 g/mol. The van der Waals surface area contributed by atoms with Crippen molar-refractivity contribution in [3.05, 3.63) is 12.0 Å². The third-order valence-electron chi connectivity index (χ3n) is 1.03. The van der Waals surface area contributed by atoms with Crippen molar-refractivity contribution in [3.8, 4) is 0 Å². The van der Waals surface area contributed by atoms with Crippen molar-refractivity contribution < 1.29 is 4.74 Å². The zero-order valence-corrected chi connectivity index (χ0v) is 6.40. The summed E-state index contributed by atoms with van der Waals surface area (Å²) < 4.78 is 4.95. The normalized spacial score (nSPS) is 11.2. The lowest BCUT2D eigenvalue weighted by atomic mass is 10.5. The van der Waals surface area contributed by atoms with Crippen LogP contribution in [-0.2, 0) is 4.74 Å². The second kappa shape index (κ2) is 5.48. The van der Waals surface area contributed by atoms with Gasteiger partial charge >= 0.3 is 0 Å². The number of hydrogen-bond donors (Lipinski definition) is 1. The summed E-state index contributed by atoms with van der Waals surface area (Å²) in [7, 11) is 1.66. The summed E-state index contributed by atoms with van der Waals surface area (Å²) in [6.07, 6.45) is 3.04. The molecule has 0 rings (SSSR count). The number of methoxy groups -OCH3 is 1. The van der Waals surface area contributed by atoms with Crippen LogP contribution in [-0.4, -0.2) is 13.7 Å². The van der Waals surface area contributed by atoms with E-state index >= 15 is 0 Å². The summed E-state index contributed by atoms with van der Waals surface area (Å²) in [5.41, 5.74) is 0. The Morgan fingerprint density at radius 3 is 2.67 bits per heavy atom. The van der Waals surface area contributed by atoms with Crippen LogP contribution >= 0.6 is 0 Å². The summed E-state index contributed by atoms with van der Waals surface area (Å²) in [5, 5.41) is 3.11. The molecule has 0 aliphatic heterocycles. The van der Waals surface area contributed by atoms with E-state index in [0.29, 0.717) is 0 Å². The van der Waals surface area contributed by atoms with Crippen molar-refractivity contribution in [2.24, 2.45) is 0 Å². The Bertz CT molecular complexity index is 88.9. The van der Waals surface area contributed by atoms with Crippen LogP contribution < -0.4 is 5.32 Å². The Labute approximate surface area is 56.9 Å². The molecule has 0 saturated heterocycles.